The maximum absolute atomic E-state index is 9.35. The Hall–Kier alpha value is -4.80. The molecule has 0 radical (unpaired) electrons. The maximum Gasteiger partial charge on any atom is 0.142 e. The zero-order chi connectivity index (χ0) is 23.0. The Morgan fingerprint density at radius 1 is 0.727 bits per heavy atom. The highest BCUT2D eigenvalue weighted by molar-refractivity contribution is 5.81. The molecule has 0 atom stereocenters. The van der Waals surface area contributed by atoms with Gasteiger partial charge in [0.25, 0.3) is 0 Å². The summed E-state index contributed by atoms with van der Waals surface area (Å²) in [6.07, 6.45) is 3.81. The van der Waals surface area contributed by atoms with Gasteiger partial charge >= 0.3 is 0 Å². The quantitative estimate of drug-likeness (QED) is 0.309. The number of hydrogen-bond acceptors (Lipinski definition) is 4. The fourth-order valence-electron chi connectivity index (χ4n) is 3.61. The molecule has 4 aromatic rings. The number of anilines is 3. The number of para-hydroxylation sites is 3. The molecule has 0 heterocycles. The summed E-state index contributed by atoms with van der Waals surface area (Å²) < 4.78 is 5.62. The molecule has 4 aromatic carbocycles. The molecule has 0 saturated heterocycles. The van der Waals surface area contributed by atoms with Gasteiger partial charge in [0.15, 0.2) is 0 Å². The Morgan fingerprint density at radius 2 is 1.42 bits per heavy atom. The van der Waals surface area contributed by atoms with Gasteiger partial charge < -0.3 is 9.64 Å². The van der Waals surface area contributed by atoms with E-state index in [1.807, 2.05) is 66.7 Å². The van der Waals surface area contributed by atoms with Crippen LogP contribution in [0.2, 0.25) is 0 Å². The number of rotatable bonds is 6. The fraction of sp³-hybridized carbons (Fsp3) is 0.0345. The number of methoxy groups -OCH3 is 1. The Morgan fingerprint density at radius 3 is 2.12 bits per heavy atom. The molecule has 4 rings (SSSR count). The molecule has 4 heteroatoms. The highest BCUT2D eigenvalue weighted by Gasteiger charge is 2.15. The minimum absolute atomic E-state index is 0.527. The number of nitriles is 2. The van der Waals surface area contributed by atoms with Gasteiger partial charge in [-0.15, -0.1) is 0 Å². The molecular formula is C29H21N3O. The molecule has 4 nitrogen and oxygen atoms in total. The van der Waals surface area contributed by atoms with Crippen molar-refractivity contribution in [3.63, 3.8) is 0 Å². The molecule has 0 aliphatic heterocycles. The highest BCUT2D eigenvalue weighted by atomic mass is 16.5. The Bertz CT molecular complexity index is 1360. The first-order valence-electron chi connectivity index (χ1n) is 10.4. The third kappa shape index (κ3) is 4.77. The van der Waals surface area contributed by atoms with Gasteiger partial charge in [0, 0.05) is 11.4 Å². The molecular weight excluding hydrogens is 406 g/mol. The van der Waals surface area contributed by atoms with Gasteiger partial charge in [-0.05, 0) is 65.7 Å². The molecule has 158 valence electrons. The summed E-state index contributed by atoms with van der Waals surface area (Å²) in [4.78, 5) is 2.15. The van der Waals surface area contributed by atoms with Crippen LogP contribution in [0.4, 0.5) is 17.1 Å². The molecule has 33 heavy (non-hydrogen) atoms. The van der Waals surface area contributed by atoms with Crippen LogP contribution in [0.3, 0.4) is 0 Å². The first-order chi connectivity index (χ1) is 16.2. The lowest BCUT2D eigenvalue weighted by Crippen LogP contribution is -2.11. The first kappa shape index (κ1) is 21.4. The van der Waals surface area contributed by atoms with Gasteiger partial charge in [0.05, 0.1) is 36.1 Å². The predicted molar refractivity (Wildman–Crippen MR) is 132 cm³/mol. The van der Waals surface area contributed by atoms with Crippen LogP contribution in [0.25, 0.3) is 12.2 Å². The Kier molecular flexibility index (Phi) is 6.50. The van der Waals surface area contributed by atoms with E-state index in [1.165, 1.54) is 0 Å². The van der Waals surface area contributed by atoms with Crippen LogP contribution in [0.15, 0.2) is 97.1 Å². The van der Waals surface area contributed by atoms with E-state index in [1.54, 1.807) is 25.3 Å². The molecule has 0 aliphatic rings. The second-order valence-electron chi connectivity index (χ2n) is 7.29. The standard InChI is InChI=1S/C29H21N3O/c1-33-29-10-6-5-9-28(29)32(26-7-3-2-4-8-26)27-17-13-22(14-18-27)11-15-24-19-23(20-30)12-16-25(24)21-31/h2-19H,1H3. The average molecular weight is 428 g/mol. The lowest BCUT2D eigenvalue weighted by atomic mass is 10.0. The van der Waals surface area contributed by atoms with E-state index in [-0.39, 0.29) is 0 Å². The van der Waals surface area contributed by atoms with Crippen molar-refractivity contribution in [2.24, 2.45) is 0 Å². The minimum Gasteiger partial charge on any atom is -0.495 e. The second-order valence-corrected chi connectivity index (χ2v) is 7.29. The zero-order valence-corrected chi connectivity index (χ0v) is 18.1. The van der Waals surface area contributed by atoms with Crippen LogP contribution in [0.1, 0.15) is 22.3 Å². The maximum atomic E-state index is 9.35. The second kappa shape index (κ2) is 10.0. The van der Waals surface area contributed by atoms with Crippen LogP contribution in [-0.4, -0.2) is 7.11 Å². The van der Waals surface area contributed by atoms with E-state index in [4.69, 9.17) is 10.00 Å². The SMILES string of the molecule is COc1ccccc1N(c1ccccc1)c1ccc(C=Cc2cc(C#N)ccc2C#N)cc1. The van der Waals surface area contributed by atoms with Gasteiger partial charge in [-0.1, -0.05) is 54.6 Å². The monoisotopic (exact) mass is 427 g/mol. The van der Waals surface area contributed by atoms with Crippen molar-refractivity contribution in [3.8, 4) is 17.9 Å². The highest BCUT2D eigenvalue weighted by Crippen LogP contribution is 2.39. The molecule has 0 fully saturated rings. The summed E-state index contributed by atoms with van der Waals surface area (Å²) in [6.45, 7) is 0. The van der Waals surface area contributed by atoms with Gasteiger partial charge in [0.2, 0.25) is 0 Å². The summed E-state index contributed by atoms with van der Waals surface area (Å²) >= 11 is 0. The predicted octanol–water partition coefficient (Wildman–Crippen LogP) is 7.08. The largest absolute Gasteiger partial charge is 0.495 e. The molecule has 0 bridgehead atoms. The zero-order valence-electron chi connectivity index (χ0n) is 18.1. The third-order valence-electron chi connectivity index (χ3n) is 5.25. The van der Waals surface area contributed by atoms with Crippen molar-refractivity contribution in [1.82, 2.24) is 0 Å². The van der Waals surface area contributed by atoms with Gasteiger partial charge in [-0.3, -0.25) is 0 Å². The van der Waals surface area contributed by atoms with Gasteiger partial charge in [0.1, 0.15) is 5.75 Å². The average Bonchev–Trinajstić information content (AvgIpc) is 2.89. The third-order valence-corrected chi connectivity index (χ3v) is 5.25. The lowest BCUT2D eigenvalue weighted by molar-refractivity contribution is 0.416. The van der Waals surface area contributed by atoms with Crippen molar-refractivity contribution < 1.29 is 4.74 Å². The fourth-order valence-corrected chi connectivity index (χ4v) is 3.61. The van der Waals surface area contributed by atoms with Crippen molar-refractivity contribution in [3.05, 3.63) is 119 Å². The van der Waals surface area contributed by atoms with Crippen molar-refractivity contribution in [2.45, 2.75) is 0 Å². The number of nitrogens with zero attached hydrogens (tertiary/aromatic N) is 3. The summed E-state index contributed by atoms with van der Waals surface area (Å²) in [5, 5.41) is 18.5. The van der Waals surface area contributed by atoms with E-state index in [0.717, 1.165) is 33.9 Å². The Balaban J connectivity index is 1.69. The summed E-state index contributed by atoms with van der Waals surface area (Å²) in [5.41, 5.74) is 5.73. The van der Waals surface area contributed by atoms with Crippen molar-refractivity contribution in [1.29, 1.82) is 10.5 Å². The van der Waals surface area contributed by atoms with Crippen LogP contribution in [-0.2, 0) is 0 Å². The van der Waals surface area contributed by atoms with Crippen LogP contribution >= 0.6 is 0 Å². The van der Waals surface area contributed by atoms with E-state index in [0.29, 0.717) is 11.1 Å². The molecule has 0 spiro atoms. The topological polar surface area (TPSA) is 60.0 Å². The lowest BCUT2D eigenvalue weighted by Gasteiger charge is -2.27. The first-order valence-corrected chi connectivity index (χ1v) is 10.4. The van der Waals surface area contributed by atoms with E-state index in [9.17, 15) is 5.26 Å². The van der Waals surface area contributed by atoms with Gasteiger partial charge in [-0.25, -0.2) is 0 Å². The molecule has 0 aliphatic carbocycles. The van der Waals surface area contributed by atoms with Crippen LogP contribution in [0, 0.1) is 22.7 Å². The number of benzene rings is 4. The van der Waals surface area contributed by atoms with Crippen molar-refractivity contribution in [2.75, 3.05) is 12.0 Å². The smallest absolute Gasteiger partial charge is 0.142 e. The molecule has 0 N–H and O–H groups in total. The van der Waals surface area contributed by atoms with Crippen molar-refractivity contribution >= 4 is 29.2 Å². The van der Waals surface area contributed by atoms with E-state index >= 15 is 0 Å². The van der Waals surface area contributed by atoms with E-state index < -0.39 is 0 Å². The normalized spacial score (nSPS) is 10.4. The number of hydrogen-bond donors (Lipinski definition) is 0. The summed E-state index contributed by atoms with van der Waals surface area (Å²) in [6, 6.07) is 35.6. The molecule has 0 amide bonds. The van der Waals surface area contributed by atoms with Crippen LogP contribution in [0.5, 0.6) is 5.75 Å². The Labute approximate surface area is 193 Å². The van der Waals surface area contributed by atoms with E-state index in [2.05, 4.69) is 41.3 Å². The molecule has 0 unspecified atom stereocenters. The van der Waals surface area contributed by atoms with Crippen LogP contribution < -0.4 is 9.64 Å². The van der Waals surface area contributed by atoms with Gasteiger partial charge in [-0.2, -0.15) is 10.5 Å². The molecule has 0 saturated carbocycles. The number of ether oxygens (including phenoxy) is 1. The summed E-state index contributed by atoms with van der Waals surface area (Å²) in [5.74, 6) is 0.784. The minimum atomic E-state index is 0.527. The summed E-state index contributed by atoms with van der Waals surface area (Å²) in [7, 11) is 1.67. The molecule has 0 aromatic heterocycles.